The number of aromatic nitrogens is 2. The number of likely N-dealkylation sites (tertiary alicyclic amines) is 1. The van der Waals surface area contributed by atoms with E-state index in [4.69, 9.17) is 9.26 Å². The summed E-state index contributed by atoms with van der Waals surface area (Å²) in [6, 6.07) is 15.5. The first-order chi connectivity index (χ1) is 12.7. The highest BCUT2D eigenvalue weighted by Gasteiger charge is 2.41. The normalized spacial score (nSPS) is 16.4. The minimum Gasteiger partial charge on any atom is -0.457 e. The summed E-state index contributed by atoms with van der Waals surface area (Å²) in [5.41, 5.74) is 1.82. The number of amides is 1. The third-order valence-electron chi connectivity index (χ3n) is 5.01. The van der Waals surface area contributed by atoms with Crippen molar-refractivity contribution < 1.29 is 14.1 Å². The Morgan fingerprint density at radius 2 is 1.65 bits per heavy atom. The summed E-state index contributed by atoms with van der Waals surface area (Å²) in [7, 11) is 0. The van der Waals surface area contributed by atoms with E-state index in [9.17, 15) is 4.79 Å². The number of carbonyl (C=O) groups is 1. The van der Waals surface area contributed by atoms with Crippen LogP contribution in [0.3, 0.4) is 0 Å². The average molecular weight is 347 g/mol. The maximum atomic E-state index is 13.3. The third kappa shape index (κ3) is 2.29. The zero-order chi connectivity index (χ0) is 17.7. The maximum absolute atomic E-state index is 13.3. The molecule has 0 N–H and O–H groups in total. The summed E-state index contributed by atoms with van der Waals surface area (Å²) in [4.78, 5) is 19.4. The zero-order valence-electron chi connectivity index (χ0n) is 14.3. The molecule has 0 atom stereocenters. The van der Waals surface area contributed by atoms with Crippen molar-refractivity contribution >= 4 is 5.91 Å². The highest BCUT2D eigenvalue weighted by atomic mass is 16.5. The smallest absolute Gasteiger partial charge is 0.234 e. The molecule has 3 aromatic rings. The number of ether oxygens (including phenoxy) is 1. The van der Waals surface area contributed by atoms with Gasteiger partial charge in [-0.2, -0.15) is 4.98 Å². The van der Waals surface area contributed by atoms with Gasteiger partial charge in [-0.3, -0.25) is 4.79 Å². The monoisotopic (exact) mass is 347 g/mol. The summed E-state index contributed by atoms with van der Waals surface area (Å²) in [6.45, 7) is 2.99. The van der Waals surface area contributed by atoms with Crippen molar-refractivity contribution in [2.45, 2.75) is 18.8 Å². The van der Waals surface area contributed by atoms with Crippen LogP contribution in [0.4, 0.5) is 0 Å². The highest BCUT2D eigenvalue weighted by molar-refractivity contribution is 5.90. The number of benzene rings is 2. The predicted octanol–water partition coefficient (Wildman–Crippen LogP) is 3.24. The molecule has 6 nitrogen and oxygen atoms in total. The summed E-state index contributed by atoms with van der Waals surface area (Å²) < 4.78 is 11.2. The van der Waals surface area contributed by atoms with Gasteiger partial charge in [-0.15, -0.1) is 0 Å². The molecule has 0 unspecified atom stereocenters. The fourth-order valence-electron chi connectivity index (χ4n) is 3.65. The molecule has 1 saturated heterocycles. The van der Waals surface area contributed by atoms with Crippen molar-refractivity contribution in [3.8, 4) is 11.5 Å². The first kappa shape index (κ1) is 15.1. The Morgan fingerprint density at radius 1 is 1.04 bits per heavy atom. The van der Waals surface area contributed by atoms with Gasteiger partial charge in [-0.1, -0.05) is 41.6 Å². The molecule has 2 aliphatic heterocycles. The molecule has 130 valence electrons. The molecule has 0 aliphatic carbocycles. The van der Waals surface area contributed by atoms with Crippen LogP contribution in [0.15, 0.2) is 53.1 Å². The summed E-state index contributed by atoms with van der Waals surface area (Å²) >= 11 is 0. The van der Waals surface area contributed by atoms with E-state index in [0.29, 0.717) is 24.8 Å². The fraction of sp³-hybridized carbons (Fsp3) is 0.250. The molecule has 0 bridgehead atoms. The Morgan fingerprint density at radius 3 is 2.23 bits per heavy atom. The topological polar surface area (TPSA) is 68.5 Å². The lowest BCUT2D eigenvalue weighted by Crippen LogP contribution is -2.50. The lowest BCUT2D eigenvalue weighted by Gasteiger charge is -2.40. The SMILES string of the molecule is Cc1noc(C2CN(C(=O)C3c4ccccc4Oc4ccccc43)C2)n1. The molecule has 6 heteroatoms. The van der Waals surface area contributed by atoms with Gasteiger partial charge >= 0.3 is 0 Å². The highest BCUT2D eigenvalue weighted by Crippen LogP contribution is 2.45. The van der Waals surface area contributed by atoms with Gasteiger partial charge < -0.3 is 14.2 Å². The van der Waals surface area contributed by atoms with E-state index in [-0.39, 0.29) is 17.7 Å². The number of hydrogen-bond donors (Lipinski definition) is 0. The summed E-state index contributed by atoms with van der Waals surface area (Å²) in [5, 5.41) is 3.83. The van der Waals surface area contributed by atoms with Crippen LogP contribution >= 0.6 is 0 Å². The van der Waals surface area contributed by atoms with Crippen molar-refractivity contribution in [3.05, 3.63) is 71.4 Å². The van der Waals surface area contributed by atoms with Crippen molar-refractivity contribution in [2.75, 3.05) is 13.1 Å². The van der Waals surface area contributed by atoms with Crippen molar-refractivity contribution in [2.24, 2.45) is 0 Å². The summed E-state index contributed by atoms with van der Waals surface area (Å²) in [5.74, 6) is 2.58. The van der Waals surface area contributed by atoms with Gasteiger partial charge in [0.1, 0.15) is 11.5 Å². The molecule has 0 radical (unpaired) electrons. The van der Waals surface area contributed by atoms with Gasteiger partial charge in [0.15, 0.2) is 5.82 Å². The minimum absolute atomic E-state index is 0.0840. The van der Waals surface area contributed by atoms with E-state index in [1.807, 2.05) is 53.4 Å². The lowest BCUT2D eigenvalue weighted by molar-refractivity contribution is -0.136. The predicted molar refractivity (Wildman–Crippen MR) is 93.2 cm³/mol. The van der Waals surface area contributed by atoms with Crippen LogP contribution in [0.25, 0.3) is 0 Å². The lowest BCUT2D eigenvalue weighted by atomic mass is 9.85. The van der Waals surface area contributed by atoms with Gasteiger partial charge in [0.05, 0.1) is 11.8 Å². The van der Waals surface area contributed by atoms with Crippen molar-refractivity contribution in [3.63, 3.8) is 0 Å². The largest absolute Gasteiger partial charge is 0.457 e. The summed E-state index contributed by atoms with van der Waals surface area (Å²) in [6.07, 6.45) is 0. The molecule has 1 amide bonds. The van der Waals surface area contributed by atoms with Gasteiger partial charge in [0.25, 0.3) is 0 Å². The minimum atomic E-state index is -0.346. The van der Waals surface area contributed by atoms with Crippen molar-refractivity contribution in [1.29, 1.82) is 0 Å². The second-order valence-corrected chi connectivity index (χ2v) is 6.73. The van der Waals surface area contributed by atoms with Crippen LogP contribution in [0, 0.1) is 6.92 Å². The van der Waals surface area contributed by atoms with Crippen LogP contribution in [0.1, 0.15) is 34.7 Å². The number of rotatable bonds is 2. The van der Waals surface area contributed by atoms with Crippen LogP contribution in [0.5, 0.6) is 11.5 Å². The number of fused-ring (bicyclic) bond motifs is 2. The Bertz CT molecular complexity index is 946. The standard InChI is InChI=1S/C20H17N3O3/c1-12-21-19(26-22-12)13-10-23(11-13)20(24)18-14-6-2-4-8-16(14)25-17-9-5-3-7-15(17)18/h2-9,13,18H,10-11H2,1H3. The number of nitrogens with zero attached hydrogens (tertiary/aromatic N) is 3. The Hall–Kier alpha value is -3.15. The molecule has 1 fully saturated rings. The van der Waals surface area contributed by atoms with E-state index >= 15 is 0 Å². The third-order valence-corrected chi connectivity index (χ3v) is 5.01. The second kappa shape index (κ2) is 5.69. The number of aryl methyl sites for hydroxylation is 1. The maximum Gasteiger partial charge on any atom is 0.234 e. The molecule has 0 saturated carbocycles. The van der Waals surface area contributed by atoms with Gasteiger partial charge in [0.2, 0.25) is 11.8 Å². The molecule has 2 aliphatic rings. The van der Waals surface area contributed by atoms with E-state index < -0.39 is 0 Å². The average Bonchev–Trinajstić information content (AvgIpc) is 3.04. The molecule has 0 spiro atoms. The van der Waals surface area contributed by atoms with Crippen LogP contribution in [0.2, 0.25) is 0 Å². The Kier molecular flexibility index (Phi) is 3.31. The molecule has 5 rings (SSSR count). The molecule has 26 heavy (non-hydrogen) atoms. The molecule has 1 aromatic heterocycles. The van der Waals surface area contributed by atoms with Crippen LogP contribution < -0.4 is 4.74 Å². The Balaban J connectivity index is 1.44. The molecular formula is C20H17N3O3. The number of para-hydroxylation sites is 2. The van der Waals surface area contributed by atoms with E-state index in [2.05, 4.69) is 10.1 Å². The number of hydrogen-bond acceptors (Lipinski definition) is 5. The van der Waals surface area contributed by atoms with E-state index in [1.54, 1.807) is 6.92 Å². The first-order valence-corrected chi connectivity index (χ1v) is 8.65. The quantitative estimate of drug-likeness (QED) is 0.712. The fourth-order valence-corrected chi connectivity index (χ4v) is 3.65. The molecular weight excluding hydrogens is 330 g/mol. The van der Waals surface area contributed by atoms with E-state index in [0.717, 1.165) is 22.6 Å². The van der Waals surface area contributed by atoms with Crippen LogP contribution in [-0.2, 0) is 4.79 Å². The first-order valence-electron chi connectivity index (χ1n) is 8.65. The Labute approximate surface area is 150 Å². The van der Waals surface area contributed by atoms with Gasteiger partial charge in [0, 0.05) is 24.2 Å². The zero-order valence-corrected chi connectivity index (χ0v) is 14.3. The van der Waals surface area contributed by atoms with Gasteiger partial charge in [-0.25, -0.2) is 0 Å². The number of carbonyl (C=O) groups excluding carboxylic acids is 1. The van der Waals surface area contributed by atoms with Crippen LogP contribution in [-0.4, -0.2) is 34.0 Å². The van der Waals surface area contributed by atoms with Crippen molar-refractivity contribution in [1.82, 2.24) is 15.0 Å². The van der Waals surface area contributed by atoms with Gasteiger partial charge in [-0.05, 0) is 19.1 Å². The van der Waals surface area contributed by atoms with E-state index in [1.165, 1.54) is 0 Å². The molecule has 3 heterocycles. The molecule has 2 aromatic carbocycles. The second-order valence-electron chi connectivity index (χ2n) is 6.73.